The van der Waals surface area contributed by atoms with Crippen LogP contribution in [0, 0.1) is 5.92 Å². The van der Waals surface area contributed by atoms with Crippen LogP contribution < -0.4 is 10.9 Å². The van der Waals surface area contributed by atoms with E-state index >= 15 is 0 Å². The second kappa shape index (κ2) is 6.44. The van der Waals surface area contributed by atoms with E-state index in [1.165, 1.54) is 25.7 Å². The van der Waals surface area contributed by atoms with Crippen molar-refractivity contribution in [1.29, 1.82) is 0 Å². The molecule has 1 aliphatic rings. The van der Waals surface area contributed by atoms with E-state index in [0.29, 0.717) is 12.0 Å². The van der Waals surface area contributed by atoms with Gasteiger partial charge in [0.25, 0.3) is 5.56 Å². The summed E-state index contributed by atoms with van der Waals surface area (Å²) in [5.41, 5.74) is 1.15. The number of aromatic nitrogens is 1. The van der Waals surface area contributed by atoms with Crippen molar-refractivity contribution in [3.8, 4) is 0 Å². The van der Waals surface area contributed by atoms with Crippen LogP contribution in [0.15, 0.2) is 41.2 Å². The fourth-order valence-corrected chi connectivity index (χ4v) is 3.63. The molecule has 1 fully saturated rings. The molecular formula is C18H24N2O. The first kappa shape index (κ1) is 14.3. The smallest absolute Gasteiger partial charge is 0.251 e. The molecule has 0 amide bonds. The lowest BCUT2D eigenvalue weighted by Crippen LogP contribution is -2.41. The molecular weight excluding hydrogens is 260 g/mol. The third-order valence-corrected chi connectivity index (χ3v) is 4.71. The zero-order valence-electron chi connectivity index (χ0n) is 12.7. The predicted octanol–water partition coefficient (Wildman–Crippen LogP) is 3.17. The molecule has 1 aromatic carbocycles. The van der Waals surface area contributed by atoms with Gasteiger partial charge in [0.1, 0.15) is 0 Å². The van der Waals surface area contributed by atoms with Crippen LogP contribution in [0.4, 0.5) is 0 Å². The Kier molecular flexibility index (Phi) is 4.39. The number of likely N-dealkylation sites (N-methyl/N-ethyl adjacent to an activating group) is 1. The quantitative estimate of drug-likeness (QED) is 0.915. The summed E-state index contributed by atoms with van der Waals surface area (Å²) < 4.78 is 1.95. The van der Waals surface area contributed by atoms with Gasteiger partial charge in [-0.1, -0.05) is 38.0 Å². The second-order valence-corrected chi connectivity index (χ2v) is 6.05. The van der Waals surface area contributed by atoms with Crippen LogP contribution in [-0.4, -0.2) is 17.2 Å². The van der Waals surface area contributed by atoms with Crippen LogP contribution in [0.5, 0.6) is 0 Å². The Balaban J connectivity index is 1.95. The van der Waals surface area contributed by atoms with Gasteiger partial charge in [-0.15, -0.1) is 0 Å². The Morgan fingerprint density at radius 1 is 1.19 bits per heavy atom. The van der Waals surface area contributed by atoms with Crippen molar-refractivity contribution < 1.29 is 0 Å². The monoisotopic (exact) mass is 284 g/mol. The molecule has 3 rings (SSSR count). The highest BCUT2D eigenvalue weighted by Crippen LogP contribution is 2.28. The van der Waals surface area contributed by atoms with Gasteiger partial charge in [-0.2, -0.15) is 0 Å². The minimum absolute atomic E-state index is 0.106. The minimum atomic E-state index is 0.106. The summed E-state index contributed by atoms with van der Waals surface area (Å²) in [6, 6.07) is 12.2. The summed E-state index contributed by atoms with van der Waals surface area (Å²) in [5, 5.41) is 4.74. The Labute approximate surface area is 126 Å². The van der Waals surface area contributed by atoms with Crippen molar-refractivity contribution in [3.63, 3.8) is 0 Å². The molecule has 3 heteroatoms. The van der Waals surface area contributed by atoms with Crippen molar-refractivity contribution >= 4 is 10.9 Å². The van der Waals surface area contributed by atoms with Gasteiger partial charge in [-0.3, -0.25) is 4.79 Å². The van der Waals surface area contributed by atoms with Crippen LogP contribution in [0.25, 0.3) is 10.9 Å². The molecule has 0 spiro atoms. The molecule has 1 saturated carbocycles. The van der Waals surface area contributed by atoms with Gasteiger partial charge in [-0.05, 0) is 42.8 Å². The van der Waals surface area contributed by atoms with E-state index in [4.69, 9.17) is 0 Å². The number of fused-ring (bicyclic) bond motifs is 1. The number of hydrogen-bond acceptors (Lipinski definition) is 2. The Bertz CT molecular complexity index is 656. The van der Waals surface area contributed by atoms with E-state index in [0.717, 1.165) is 24.0 Å². The molecule has 21 heavy (non-hydrogen) atoms. The average molecular weight is 284 g/mol. The molecule has 1 aromatic heterocycles. The van der Waals surface area contributed by atoms with Crippen molar-refractivity contribution in [2.24, 2.45) is 5.92 Å². The summed E-state index contributed by atoms with van der Waals surface area (Å²) in [6.45, 7) is 3.88. The van der Waals surface area contributed by atoms with Crippen LogP contribution in [0.2, 0.25) is 0 Å². The summed E-state index contributed by atoms with van der Waals surface area (Å²) in [6.07, 6.45) is 5.24. The lowest BCUT2D eigenvalue weighted by Gasteiger charge is -2.25. The molecule has 1 aliphatic carbocycles. The number of rotatable bonds is 5. The SMILES string of the molecule is CCNC(Cn1c(=O)ccc2ccccc21)C1CCCC1. The topological polar surface area (TPSA) is 34.0 Å². The first-order valence-electron chi connectivity index (χ1n) is 8.11. The summed E-state index contributed by atoms with van der Waals surface area (Å²) in [7, 11) is 0. The van der Waals surface area contributed by atoms with Crippen molar-refractivity contribution in [2.75, 3.05) is 6.54 Å². The van der Waals surface area contributed by atoms with Crippen LogP contribution in [-0.2, 0) is 6.54 Å². The first-order valence-corrected chi connectivity index (χ1v) is 8.11. The van der Waals surface area contributed by atoms with Gasteiger partial charge in [0.15, 0.2) is 0 Å². The average Bonchev–Trinajstić information content (AvgIpc) is 3.03. The maximum atomic E-state index is 12.3. The second-order valence-electron chi connectivity index (χ2n) is 6.05. The summed E-state index contributed by atoms with van der Waals surface area (Å²) >= 11 is 0. The molecule has 3 nitrogen and oxygen atoms in total. The zero-order chi connectivity index (χ0) is 14.7. The number of nitrogens with zero attached hydrogens (tertiary/aromatic N) is 1. The maximum absolute atomic E-state index is 12.3. The lowest BCUT2D eigenvalue weighted by atomic mass is 9.97. The molecule has 1 heterocycles. The summed E-state index contributed by atoms with van der Waals surface area (Å²) in [5.74, 6) is 0.704. The number of benzene rings is 1. The van der Waals surface area contributed by atoms with Gasteiger partial charge in [0, 0.05) is 18.7 Å². The first-order chi connectivity index (χ1) is 10.3. The fraction of sp³-hybridized carbons (Fsp3) is 0.500. The fourth-order valence-electron chi connectivity index (χ4n) is 3.63. The number of para-hydroxylation sites is 1. The predicted molar refractivity (Wildman–Crippen MR) is 87.6 cm³/mol. The van der Waals surface area contributed by atoms with E-state index in [1.807, 2.05) is 28.8 Å². The largest absolute Gasteiger partial charge is 0.312 e. The van der Waals surface area contributed by atoms with Gasteiger partial charge in [-0.25, -0.2) is 0 Å². The molecule has 1 unspecified atom stereocenters. The number of nitrogens with one attached hydrogen (secondary N) is 1. The van der Waals surface area contributed by atoms with Crippen molar-refractivity contribution in [2.45, 2.75) is 45.2 Å². The normalized spacial score (nSPS) is 17.4. The minimum Gasteiger partial charge on any atom is -0.312 e. The third kappa shape index (κ3) is 3.03. The highest BCUT2D eigenvalue weighted by atomic mass is 16.1. The standard InChI is InChI=1S/C18H24N2O/c1-2-19-16(14-7-3-4-8-14)13-20-17-10-6-5-9-15(17)11-12-18(20)21/h5-6,9-12,14,16,19H,2-4,7-8,13H2,1H3. The van der Waals surface area contributed by atoms with Crippen molar-refractivity contribution in [3.05, 3.63) is 46.8 Å². The third-order valence-electron chi connectivity index (χ3n) is 4.71. The van der Waals surface area contributed by atoms with E-state index in [2.05, 4.69) is 18.3 Å². The lowest BCUT2D eigenvalue weighted by molar-refractivity contribution is 0.328. The van der Waals surface area contributed by atoms with Crippen LogP contribution >= 0.6 is 0 Å². The van der Waals surface area contributed by atoms with Gasteiger partial charge in [0.05, 0.1) is 5.52 Å². The molecule has 0 aliphatic heterocycles. The highest BCUT2D eigenvalue weighted by Gasteiger charge is 2.25. The molecule has 0 saturated heterocycles. The Morgan fingerprint density at radius 3 is 2.71 bits per heavy atom. The van der Waals surface area contributed by atoms with Gasteiger partial charge in [0.2, 0.25) is 0 Å². The number of pyridine rings is 1. The van der Waals surface area contributed by atoms with Gasteiger partial charge < -0.3 is 9.88 Å². The summed E-state index contributed by atoms with van der Waals surface area (Å²) in [4.78, 5) is 12.3. The Morgan fingerprint density at radius 2 is 1.95 bits per heavy atom. The van der Waals surface area contributed by atoms with Gasteiger partial charge >= 0.3 is 0 Å². The van der Waals surface area contributed by atoms with E-state index in [-0.39, 0.29) is 5.56 Å². The van der Waals surface area contributed by atoms with Crippen LogP contribution in [0.1, 0.15) is 32.6 Å². The Hall–Kier alpha value is -1.61. The molecule has 1 atom stereocenters. The maximum Gasteiger partial charge on any atom is 0.251 e. The number of hydrogen-bond donors (Lipinski definition) is 1. The van der Waals surface area contributed by atoms with E-state index in [1.54, 1.807) is 6.07 Å². The molecule has 2 aromatic rings. The van der Waals surface area contributed by atoms with Crippen molar-refractivity contribution in [1.82, 2.24) is 9.88 Å². The molecule has 0 radical (unpaired) electrons. The highest BCUT2D eigenvalue weighted by molar-refractivity contribution is 5.78. The zero-order valence-corrected chi connectivity index (χ0v) is 12.7. The molecule has 112 valence electrons. The van der Waals surface area contributed by atoms with Crippen LogP contribution in [0.3, 0.4) is 0 Å². The molecule has 1 N–H and O–H groups in total. The van der Waals surface area contributed by atoms with E-state index in [9.17, 15) is 4.79 Å². The van der Waals surface area contributed by atoms with E-state index < -0.39 is 0 Å². The molecule has 0 bridgehead atoms.